The van der Waals surface area contributed by atoms with Gasteiger partial charge in [-0.2, -0.15) is 0 Å². The molecule has 1 fully saturated rings. The molecule has 0 aliphatic carbocycles. The zero-order valence-corrected chi connectivity index (χ0v) is 11.9. The molecule has 0 saturated carbocycles. The Morgan fingerprint density at radius 3 is 2.53 bits per heavy atom. The molecule has 1 aliphatic heterocycles. The molecular formula is C13H16Cl2F2N2. The largest absolute Gasteiger partial charge is 0.314 e. The first kappa shape index (κ1) is 15.0. The van der Waals surface area contributed by atoms with E-state index in [1.807, 2.05) is 4.90 Å². The Bertz CT molecular complexity index is 423. The Kier molecular flexibility index (Phi) is 5.39. The van der Waals surface area contributed by atoms with E-state index in [4.69, 9.17) is 23.2 Å². The first-order valence-electron chi connectivity index (χ1n) is 6.26. The lowest BCUT2D eigenvalue weighted by Crippen LogP contribution is -2.45. The average molecular weight is 309 g/mol. The second-order valence-electron chi connectivity index (χ2n) is 4.57. The van der Waals surface area contributed by atoms with Gasteiger partial charge in [-0.05, 0) is 11.6 Å². The Labute approximate surface area is 121 Å². The lowest BCUT2D eigenvalue weighted by molar-refractivity contribution is 0.0739. The van der Waals surface area contributed by atoms with E-state index in [1.165, 1.54) is 0 Å². The summed E-state index contributed by atoms with van der Waals surface area (Å²) in [5, 5.41) is 4.01. The molecule has 0 radical (unpaired) electrons. The van der Waals surface area contributed by atoms with Crippen LogP contribution in [0.4, 0.5) is 8.78 Å². The van der Waals surface area contributed by atoms with Gasteiger partial charge in [-0.25, -0.2) is 8.78 Å². The van der Waals surface area contributed by atoms with Crippen LogP contribution in [0.15, 0.2) is 18.2 Å². The summed E-state index contributed by atoms with van der Waals surface area (Å²) in [5.41, 5.74) is 0.691. The van der Waals surface area contributed by atoms with Gasteiger partial charge in [0.25, 0.3) is 0 Å². The maximum absolute atomic E-state index is 12.8. The summed E-state index contributed by atoms with van der Waals surface area (Å²) in [6.45, 7) is 3.08. The zero-order chi connectivity index (χ0) is 13.8. The van der Waals surface area contributed by atoms with E-state index in [0.29, 0.717) is 15.6 Å². The number of rotatable bonds is 4. The molecule has 1 saturated heterocycles. The van der Waals surface area contributed by atoms with Gasteiger partial charge in [0.1, 0.15) is 0 Å². The predicted octanol–water partition coefficient (Wildman–Crippen LogP) is 3.59. The van der Waals surface area contributed by atoms with Gasteiger partial charge in [0.2, 0.25) is 6.43 Å². The highest BCUT2D eigenvalue weighted by Crippen LogP contribution is 2.35. The Morgan fingerprint density at radius 2 is 1.89 bits per heavy atom. The molecule has 1 aromatic carbocycles. The predicted molar refractivity (Wildman–Crippen MR) is 74.3 cm³/mol. The summed E-state index contributed by atoms with van der Waals surface area (Å²) in [6, 6.07) is 4.83. The first-order chi connectivity index (χ1) is 9.09. The van der Waals surface area contributed by atoms with Gasteiger partial charge in [0, 0.05) is 38.6 Å². The lowest BCUT2D eigenvalue weighted by Gasteiger charge is -2.35. The fourth-order valence-electron chi connectivity index (χ4n) is 2.41. The highest BCUT2D eigenvalue weighted by molar-refractivity contribution is 6.42. The molecule has 0 bridgehead atoms. The zero-order valence-electron chi connectivity index (χ0n) is 10.4. The minimum absolute atomic E-state index is 0.222. The van der Waals surface area contributed by atoms with Gasteiger partial charge in [-0.1, -0.05) is 35.3 Å². The summed E-state index contributed by atoms with van der Waals surface area (Å²) in [5.74, 6) is 0. The summed E-state index contributed by atoms with van der Waals surface area (Å²) < 4.78 is 25.7. The molecule has 1 aliphatic rings. The number of nitrogens with zero attached hydrogens (tertiary/aromatic N) is 1. The molecule has 2 nitrogen and oxygen atoms in total. The fourth-order valence-corrected chi connectivity index (χ4v) is 2.85. The minimum atomic E-state index is -2.37. The van der Waals surface area contributed by atoms with Crippen molar-refractivity contribution in [3.8, 4) is 0 Å². The van der Waals surface area contributed by atoms with Crippen molar-refractivity contribution in [3.63, 3.8) is 0 Å². The van der Waals surface area contributed by atoms with Crippen molar-refractivity contribution in [2.45, 2.75) is 18.9 Å². The van der Waals surface area contributed by atoms with E-state index in [1.54, 1.807) is 18.2 Å². The van der Waals surface area contributed by atoms with Gasteiger partial charge >= 0.3 is 0 Å². The van der Waals surface area contributed by atoms with Crippen molar-refractivity contribution in [1.29, 1.82) is 0 Å². The lowest BCUT2D eigenvalue weighted by atomic mass is 10.0. The molecule has 0 unspecified atom stereocenters. The number of hydrogen-bond donors (Lipinski definition) is 1. The smallest absolute Gasteiger partial charge is 0.240 e. The standard InChI is InChI=1S/C13H16Cl2F2N2/c14-10-3-1-2-9(13(10)15)11(8-12(16)17)19-6-4-18-5-7-19/h1-3,11-12,18H,4-8H2/t11-/m1/s1. The van der Waals surface area contributed by atoms with Crippen LogP contribution in [0, 0.1) is 0 Å². The van der Waals surface area contributed by atoms with Crippen LogP contribution in [0.25, 0.3) is 0 Å². The van der Waals surface area contributed by atoms with Gasteiger partial charge in [-0.3, -0.25) is 4.90 Å². The van der Waals surface area contributed by atoms with E-state index in [2.05, 4.69) is 5.32 Å². The van der Waals surface area contributed by atoms with E-state index < -0.39 is 6.43 Å². The van der Waals surface area contributed by atoms with Crippen molar-refractivity contribution in [2.24, 2.45) is 0 Å². The molecule has 2 rings (SSSR count). The topological polar surface area (TPSA) is 15.3 Å². The van der Waals surface area contributed by atoms with E-state index in [9.17, 15) is 8.78 Å². The summed E-state index contributed by atoms with van der Waals surface area (Å²) in [6.07, 6.45) is -2.59. The van der Waals surface area contributed by atoms with Crippen LogP contribution in [0.2, 0.25) is 10.0 Å². The summed E-state index contributed by atoms with van der Waals surface area (Å²) in [4.78, 5) is 2.04. The van der Waals surface area contributed by atoms with Gasteiger partial charge in [0.15, 0.2) is 0 Å². The molecule has 1 atom stereocenters. The Hall–Kier alpha value is -0.420. The van der Waals surface area contributed by atoms with E-state index in [-0.39, 0.29) is 12.5 Å². The van der Waals surface area contributed by atoms with E-state index in [0.717, 1.165) is 26.2 Å². The van der Waals surface area contributed by atoms with Crippen LogP contribution in [0.3, 0.4) is 0 Å². The highest BCUT2D eigenvalue weighted by Gasteiger charge is 2.27. The first-order valence-corrected chi connectivity index (χ1v) is 7.02. The molecule has 0 spiro atoms. The maximum atomic E-state index is 12.8. The number of hydrogen-bond acceptors (Lipinski definition) is 2. The molecule has 0 amide bonds. The van der Waals surface area contributed by atoms with Gasteiger partial charge < -0.3 is 5.32 Å². The number of halogens is 4. The molecule has 1 N–H and O–H groups in total. The number of benzene rings is 1. The van der Waals surface area contributed by atoms with Crippen molar-refractivity contribution in [2.75, 3.05) is 26.2 Å². The third-order valence-electron chi connectivity index (χ3n) is 3.33. The Morgan fingerprint density at radius 1 is 1.21 bits per heavy atom. The Balaban J connectivity index is 2.27. The molecule has 1 aromatic rings. The number of piperazine rings is 1. The van der Waals surface area contributed by atoms with Crippen LogP contribution in [-0.4, -0.2) is 37.5 Å². The minimum Gasteiger partial charge on any atom is -0.314 e. The molecule has 106 valence electrons. The van der Waals surface area contributed by atoms with Crippen LogP contribution < -0.4 is 5.32 Å². The third kappa shape index (κ3) is 3.78. The van der Waals surface area contributed by atoms with Crippen molar-refractivity contribution < 1.29 is 8.78 Å². The van der Waals surface area contributed by atoms with Crippen molar-refractivity contribution >= 4 is 23.2 Å². The average Bonchev–Trinajstić information content (AvgIpc) is 2.40. The number of alkyl halides is 2. The molecule has 19 heavy (non-hydrogen) atoms. The fraction of sp³-hybridized carbons (Fsp3) is 0.538. The van der Waals surface area contributed by atoms with Crippen LogP contribution >= 0.6 is 23.2 Å². The summed E-state index contributed by atoms with van der Waals surface area (Å²) >= 11 is 12.2. The molecule has 0 aromatic heterocycles. The number of nitrogens with one attached hydrogen (secondary N) is 1. The highest BCUT2D eigenvalue weighted by atomic mass is 35.5. The van der Waals surface area contributed by atoms with Crippen LogP contribution in [0.1, 0.15) is 18.0 Å². The van der Waals surface area contributed by atoms with Crippen molar-refractivity contribution in [1.82, 2.24) is 10.2 Å². The molecule has 1 heterocycles. The quantitative estimate of drug-likeness (QED) is 0.914. The molecule has 6 heteroatoms. The summed E-state index contributed by atoms with van der Waals surface area (Å²) in [7, 11) is 0. The maximum Gasteiger partial charge on any atom is 0.240 e. The SMILES string of the molecule is FC(F)C[C@H](c1cccc(Cl)c1Cl)N1CCNCC1. The van der Waals surface area contributed by atoms with Crippen LogP contribution in [0.5, 0.6) is 0 Å². The monoisotopic (exact) mass is 308 g/mol. The molecular weight excluding hydrogens is 293 g/mol. The van der Waals surface area contributed by atoms with E-state index >= 15 is 0 Å². The second-order valence-corrected chi connectivity index (χ2v) is 5.36. The third-order valence-corrected chi connectivity index (χ3v) is 4.17. The van der Waals surface area contributed by atoms with Crippen LogP contribution in [-0.2, 0) is 0 Å². The second kappa shape index (κ2) is 6.84. The van der Waals surface area contributed by atoms with Crippen molar-refractivity contribution in [3.05, 3.63) is 33.8 Å². The normalized spacial score (nSPS) is 18.8. The van der Waals surface area contributed by atoms with Gasteiger partial charge in [-0.15, -0.1) is 0 Å². The van der Waals surface area contributed by atoms with Gasteiger partial charge in [0.05, 0.1) is 10.0 Å².